The Labute approximate surface area is 110 Å². The minimum Gasteiger partial charge on any atom is -0.478 e. The fraction of sp³-hybridized carbons (Fsp3) is 0. The maximum Gasteiger partial charge on any atom is 0.335 e. The van der Waals surface area contributed by atoms with E-state index < -0.39 is 5.97 Å². The van der Waals surface area contributed by atoms with E-state index in [2.05, 4.69) is 6.58 Å². The highest BCUT2D eigenvalue weighted by molar-refractivity contribution is 6.34. The fourth-order valence-electron chi connectivity index (χ4n) is 1.79. The van der Waals surface area contributed by atoms with Crippen molar-refractivity contribution in [1.29, 1.82) is 0 Å². The van der Waals surface area contributed by atoms with Crippen LogP contribution in [0.5, 0.6) is 0 Å². The second-order valence-corrected chi connectivity index (χ2v) is 4.22. The zero-order valence-electron chi connectivity index (χ0n) is 9.56. The molecule has 0 aromatic heterocycles. The van der Waals surface area contributed by atoms with Gasteiger partial charge in [0.25, 0.3) is 0 Å². The van der Waals surface area contributed by atoms with E-state index in [-0.39, 0.29) is 5.57 Å². The van der Waals surface area contributed by atoms with Crippen molar-refractivity contribution in [2.24, 2.45) is 0 Å². The molecule has 2 aromatic rings. The summed E-state index contributed by atoms with van der Waals surface area (Å²) in [7, 11) is 0. The number of rotatable bonds is 3. The molecular formula is C15H11ClO2. The van der Waals surface area contributed by atoms with Crippen LogP contribution < -0.4 is 0 Å². The number of hydrogen-bond acceptors (Lipinski definition) is 1. The average Bonchev–Trinajstić information content (AvgIpc) is 2.38. The molecule has 90 valence electrons. The molecule has 2 nitrogen and oxygen atoms in total. The van der Waals surface area contributed by atoms with Crippen molar-refractivity contribution in [3.05, 3.63) is 65.7 Å². The van der Waals surface area contributed by atoms with Crippen molar-refractivity contribution in [1.82, 2.24) is 0 Å². The molecule has 2 aromatic carbocycles. The highest BCUT2D eigenvalue weighted by Crippen LogP contribution is 2.34. The molecule has 18 heavy (non-hydrogen) atoms. The highest BCUT2D eigenvalue weighted by Gasteiger charge is 2.15. The Hall–Kier alpha value is -2.06. The van der Waals surface area contributed by atoms with Gasteiger partial charge in [0.1, 0.15) is 0 Å². The molecule has 0 saturated heterocycles. The van der Waals surface area contributed by atoms with Crippen LogP contribution in [0.1, 0.15) is 5.56 Å². The Morgan fingerprint density at radius 2 is 1.72 bits per heavy atom. The second-order valence-electron chi connectivity index (χ2n) is 3.81. The van der Waals surface area contributed by atoms with Crippen LogP contribution in [-0.4, -0.2) is 11.1 Å². The lowest BCUT2D eigenvalue weighted by Crippen LogP contribution is -2.00. The van der Waals surface area contributed by atoms with E-state index in [1.807, 2.05) is 30.3 Å². The van der Waals surface area contributed by atoms with E-state index in [0.717, 1.165) is 5.56 Å². The molecule has 0 aliphatic rings. The van der Waals surface area contributed by atoms with Gasteiger partial charge in [-0.1, -0.05) is 60.6 Å². The standard InChI is InChI=1S/C15H11ClO2/c1-10(15(17)18)12-8-5-9-13(16)14(12)11-6-3-2-4-7-11/h2-9H,1H2,(H,17,18). The number of carboxylic acid groups (broad SMARTS) is 1. The monoisotopic (exact) mass is 258 g/mol. The van der Waals surface area contributed by atoms with Crippen LogP contribution in [0.4, 0.5) is 0 Å². The summed E-state index contributed by atoms with van der Waals surface area (Å²) in [6.07, 6.45) is 0. The van der Waals surface area contributed by atoms with Gasteiger partial charge in [0.2, 0.25) is 0 Å². The third kappa shape index (κ3) is 2.29. The van der Waals surface area contributed by atoms with E-state index in [1.54, 1.807) is 18.2 Å². The Balaban J connectivity index is 2.66. The van der Waals surface area contributed by atoms with Crippen molar-refractivity contribution in [2.75, 3.05) is 0 Å². The van der Waals surface area contributed by atoms with Gasteiger partial charge in [-0.25, -0.2) is 4.79 Å². The smallest absolute Gasteiger partial charge is 0.335 e. The van der Waals surface area contributed by atoms with Gasteiger partial charge in [0.05, 0.1) is 5.57 Å². The lowest BCUT2D eigenvalue weighted by atomic mass is 9.95. The molecule has 0 unspecified atom stereocenters. The van der Waals surface area contributed by atoms with Gasteiger partial charge in [0, 0.05) is 10.6 Å². The third-order valence-corrected chi connectivity index (χ3v) is 2.97. The summed E-state index contributed by atoms with van der Waals surface area (Å²) in [6.45, 7) is 3.59. The summed E-state index contributed by atoms with van der Waals surface area (Å²) >= 11 is 6.18. The maximum absolute atomic E-state index is 11.1. The molecule has 0 saturated carbocycles. The van der Waals surface area contributed by atoms with Gasteiger partial charge >= 0.3 is 5.97 Å². The first-order valence-corrected chi connectivity index (χ1v) is 5.75. The number of carboxylic acids is 1. The predicted octanol–water partition coefficient (Wildman–Crippen LogP) is 4.10. The van der Waals surface area contributed by atoms with Gasteiger partial charge in [-0.2, -0.15) is 0 Å². The van der Waals surface area contributed by atoms with Crippen LogP contribution in [0.3, 0.4) is 0 Å². The summed E-state index contributed by atoms with van der Waals surface area (Å²) in [6, 6.07) is 14.6. The molecule has 0 spiro atoms. The first kappa shape index (κ1) is 12.4. The van der Waals surface area contributed by atoms with Crippen molar-refractivity contribution < 1.29 is 9.90 Å². The number of benzene rings is 2. The Morgan fingerprint density at radius 1 is 1.06 bits per heavy atom. The first-order valence-electron chi connectivity index (χ1n) is 5.37. The number of halogens is 1. The molecule has 0 radical (unpaired) electrons. The average molecular weight is 259 g/mol. The maximum atomic E-state index is 11.1. The fourth-order valence-corrected chi connectivity index (χ4v) is 2.07. The van der Waals surface area contributed by atoms with Crippen LogP contribution in [0.2, 0.25) is 5.02 Å². The Morgan fingerprint density at radius 3 is 2.33 bits per heavy atom. The molecule has 0 bridgehead atoms. The largest absolute Gasteiger partial charge is 0.478 e. The molecule has 0 aliphatic heterocycles. The zero-order valence-corrected chi connectivity index (χ0v) is 10.3. The third-order valence-electron chi connectivity index (χ3n) is 2.66. The number of aliphatic carboxylic acids is 1. The van der Waals surface area contributed by atoms with Crippen LogP contribution >= 0.6 is 11.6 Å². The van der Waals surface area contributed by atoms with E-state index in [0.29, 0.717) is 16.1 Å². The quantitative estimate of drug-likeness (QED) is 0.842. The van der Waals surface area contributed by atoms with Crippen LogP contribution in [-0.2, 0) is 4.79 Å². The molecule has 0 aliphatic carbocycles. The summed E-state index contributed by atoms with van der Waals surface area (Å²) in [4.78, 5) is 11.1. The van der Waals surface area contributed by atoms with Crippen molar-refractivity contribution >= 4 is 23.1 Å². The van der Waals surface area contributed by atoms with E-state index >= 15 is 0 Å². The SMILES string of the molecule is C=C(C(=O)O)c1cccc(Cl)c1-c1ccccc1. The first-order chi connectivity index (χ1) is 8.61. The van der Waals surface area contributed by atoms with Gasteiger partial charge in [-0.15, -0.1) is 0 Å². The molecule has 3 heteroatoms. The van der Waals surface area contributed by atoms with Gasteiger partial charge < -0.3 is 5.11 Å². The Kier molecular flexibility index (Phi) is 3.49. The van der Waals surface area contributed by atoms with Gasteiger partial charge in [-0.05, 0) is 17.2 Å². The van der Waals surface area contributed by atoms with Crippen LogP contribution in [0.25, 0.3) is 16.7 Å². The topological polar surface area (TPSA) is 37.3 Å². The van der Waals surface area contributed by atoms with E-state index in [9.17, 15) is 4.79 Å². The molecule has 2 rings (SSSR count). The van der Waals surface area contributed by atoms with E-state index in [4.69, 9.17) is 16.7 Å². The summed E-state index contributed by atoms with van der Waals surface area (Å²) in [5.74, 6) is -1.05. The number of hydrogen-bond donors (Lipinski definition) is 1. The van der Waals surface area contributed by atoms with Crippen LogP contribution in [0, 0.1) is 0 Å². The molecule has 0 fully saturated rings. The summed E-state index contributed by atoms with van der Waals surface area (Å²) in [5, 5.41) is 9.57. The van der Waals surface area contributed by atoms with E-state index in [1.165, 1.54) is 0 Å². The molecule has 0 heterocycles. The zero-order chi connectivity index (χ0) is 13.1. The molecule has 0 amide bonds. The van der Waals surface area contributed by atoms with Crippen LogP contribution in [0.15, 0.2) is 55.1 Å². The number of carbonyl (C=O) groups is 1. The highest BCUT2D eigenvalue weighted by atomic mass is 35.5. The summed E-state index contributed by atoms with van der Waals surface area (Å²) < 4.78 is 0. The van der Waals surface area contributed by atoms with Crippen molar-refractivity contribution in [3.8, 4) is 11.1 Å². The lowest BCUT2D eigenvalue weighted by Gasteiger charge is -2.11. The van der Waals surface area contributed by atoms with Crippen molar-refractivity contribution in [3.63, 3.8) is 0 Å². The van der Waals surface area contributed by atoms with Crippen molar-refractivity contribution in [2.45, 2.75) is 0 Å². The Bertz CT molecular complexity index is 603. The normalized spacial score (nSPS) is 10.1. The predicted molar refractivity (Wildman–Crippen MR) is 73.6 cm³/mol. The van der Waals surface area contributed by atoms with Gasteiger partial charge in [-0.3, -0.25) is 0 Å². The summed E-state index contributed by atoms with van der Waals surface area (Å²) in [5.41, 5.74) is 2.16. The molecular weight excluding hydrogens is 248 g/mol. The molecule has 1 N–H and O–H groups in total. The molecule has 0 atom stereocenters. The second kappa shape index (κ2) is 5.07. The minimum atomic E-state index is -1.05. The minimum absolute atomic E-state index is 0.0383. The van der Waals surface area contributed by atoms with Gasteiger partial charge in [0.15, 0.2) is 0 Å². The lowest BCUT2D eigenvalue weighted by molar-refractivity contribution is -0.130.